The van der Waals surface area contributed by atoms with E-state index in [2.05, 4.69) is 14.9 Å². The maximum atomic E-state index is 11.9. The van der Waals surface area contributed by atoms with Crippen LogP contribution in [0.4, 0.5) is 11.5 Å². The van der Waals surface area contributed by atoms with E-state index in [9.17, 15) is 9.59 Å². The van der Waals surface area contributed by atoms with Crippen LogP contribution >= 0.6 is 11.6 Å². The fraction of sp³-hybridized carbons (Fsp3) is 0.389. The third-order valence-electron chi connectivity index (χ3n) is 4.21. The number of hydrogen-bond donors (Lipinski definition) is 0. The predicted octanol–water partition coefficient (Wildman–Crippen LogP) is 1.79. The molecule has 0 N–H and O–H groups in total. The molecule has 8 heteroatoms. The molecule has 26 heavy (non-hydrogen) atoms. The molecule has 1 saturated heterocycles. The van der Waals surface area contributed by atoms with Crippen molar-refractivity contribution in [1.82, 2.24) is 9.78 Å². The Labute approximate surface area is 156 Å². The number of carbonyl (C=O) groups is 1. The molecule has 1 aromatic carbocycles. The molecular formula is C18H21ClN4O3. The topological polar surface area (TPSA) is 67.7 Å². The number of hydrogen-bond acceptors (Lipinski definition) is 6. The van der Waals surface area contributed by atoms with Crippen molar-refractivity contribution in [2.24, 2.45) is 0 Å². The highest BCUT2D eigenvalue weighted by Crippen LogP contribution is 2.22. The van der Waals surface area contributed by atoms with Gasteiger partial charge < -0.3 is 14.5 Å². The van der Waals surface area contributed by atoms with Crippen LogP contribution in [-0.2, 0) is 16.1 Å². The lowest BCUT2D eigenvalue weighted by molar-refractivity contribution is -0.144. The number of benzene rings is 1. The lowest BCUT2D eigenvalue weighted by atomic mass is 10.2. The standard InChI is InChI=1S/C18H21ClN4O3/c1-2-26-18(25)13-23-17(24)7-6-16(20-23)22-10-8-21(9-11-22)15-5-3-4-14(19)12-15/h3-7,12H,2,8-11,13H2,1H3. The van der Waals surface area contributed by atoms with E-state index in [1.54, 1.807) is 13.0 Å². The molecule has 1 aromatic heterocycles. The number of ether oxygens (including phenoxy) is 1. The van der Waals surface area contributed by atoms with E-state index < -0.39 is 5.97 Å². The Morgan fingerprint density at radius 3 is 2.58 bits per heavy atom. The third kappa shape index (κ3) is 4.35. The smallest absolute Gasteiger partial charge is 0.327 e. The minimum atomic E-state index is -0.468. The van der Waals surface area contributed by atoms with Crippen molar-refractivity contribution in [2.75, 3.05) is 42.6 Å². The normalized spacial score (nSPS) is 14.4. The van der Waals surface area contributed by atoms with Gasteiger partial charge in [-0.25, -0.2) is 4.68 Å². The molecule has 0 bridgehead atoms. The predicted molar refractivity (Wildman–Crippen MR) is 101 cm³/mol. The van der Waals surface area contributed by atoms with Gasteiger partial charge in [0.2, 0.25) is 0 Å². The number of carbonyl (C=O) groups excluding carboxylic acids is 1. The summed E-state index contributed by atoms with van der Waals surface area (Å²) < 4.78 is 6.04. The molecule has 0 spiro atoms. The molecule has 3 rings (SSSR count). The monoisotopic (exact) mass is 376 g/mol. The summed E-state index contributed by atoms with van der Waals surface area (Å²) in [5.74, 6) is 0.213. The van der Waals surface area contributed by atoms with Gasteiger partial charge in [0.25, 0.3) is 5.56 Å². The Morgan fingerprint density at radius 2 is 1.88 bits per heavy atom. The second-order valence-electron chi connectivity index (χ2n) is 5.95. The Hall–Kier alpha value is -2.54. The van der Waals surface area contributed by atoms with Gasteiger partial charge in [-0.3, -0.25) is 9.59 Å². The number of rotatable bonds is 5. The van der Waals surface area contributed by atoms with Gasteiger partial charge >= 0.3 is 5.97 Å². The zero-order chi connectivity index (χ0) is 18.5. The van der Waals surface area contributed by atoms with E-state index in [1.807, 2.05) is 24.3 Å². The molecule has 1 aliphatic heterocycles. The number of halogens is 1. The second-order valence-corrected chi connectivity index (χ2v) is 6.38. The molecule has 0 aliphatic carbocycles. The van der Waals surface area contributed by atoms with Crippen LogP contribution in [0.2, 0.25) is 5.02 Å². The van der Waals surface area contributed by atoms with Crippen molar-refractivity contribution in [2.45, 2.75) is 13.5 Å². The first-order chi connectivity index (χ1) is 12.6. The average Bonchev–Trinajstić information content (AvgIpc) is 2.64. The molecule has 1 aliphatic rings. The summed E-state index contributed by atoms with van der Waals surface area (Å²) in [6.07, 6.45) is 0. The van der Waals surface area contributed by atoms with Crippen LogP contribution in [-0.4, -0.2) is 48.5 Å². The molecule has 2 heterocycles. The second kappa shape index (κ2) is 8.23. The maximum absolute atomic E-state index is 11.9. The van der Waals surface area contributed by atoms with Gasteiger partial charge in [-0.05, 0) is 31.2 Å². The molecule has 0 atom stereocenters. The van der Waals surface area contributed by atoms with E-state index in [1.165, 1.54) is 6.07 Å². The highest BCUT2D eigenvalue weighted by atomic mass is 35.5. The molecule has 0 radical (unpaired) electrons. The Morgan fingerprint density at radius 1 is 1.15 bits per heavy atom. The van der Waals surface area contributed by atoms with Crippen LogP contribution < -0.4 is 15.4 Å². The fourth-order valence-corrected chi connectivity index (χ4v) is 3.10. The van der Waals surface area contributed by atoms with Gasteiger partial charge in [0.05, 0.1) is 6.61 Å². The SMILES string of the molecule is CCOC(=O)Cn1nc(N2CCN(c3cccc(Cl)c3)CC2)ccc1=O. The van der Waals surface area contributed by atoms with E-state index >= 15 is 0 Å². The van der Waals surface area contributed by atoms with Gasteiger partial charge in [-0.1, -0.05) is 17.7 Å². The van der Waals surface area contributed by atoms with E-state index in [-0.39, 0.29) is 18.7 Å². The van der Waals surface area contributed by atoms with Crippen molar-refractivity contribution >= 4 is 29.1 Å². The number of nitrogens with zero attached hydrogens (tertiary/aromatic N) is 4. The molecule has 0 unspecified atom stereocenters. The average molecular weight is 377 g/mol. The largest absolute Gasteiger partial charge is 0.465 e. The van der Waals surface area contributed by atoms with E-state index in [0.717, 1.165) is 41.6 Å². The first-order valence-corrected chi connectivity index (χ1v) is 8.94. The van der Waals surface area contributed by atoms with Gasteiger partial charge in [0.15, 0.2) is 0 Å². The summed E-state index contributed by atoms with van der Waals surface area (Å²) in [6, 6.07) is 10.9. The number of esters is 1. The minimum Gasteiger partial charge on any atom is -0.465 e. The van der Waals surface area contributed by atoms with Crippen LogP contribution in [0.3, 0.4) is 0 Å². The third-order valence-corrected chi connectivity index (χ3v) is 4.45. The molecule has 0 amide bonds. The highest BCUT2D eigenvalue weighted by molar-refractivity contribution is 6.30. The van der Waals surface area contributed by atoms with Crippen molar-refractivity contribution in [3.8, 4) is 0 Å². The molecule has 7 nitrogen and oxygen atoms in total. The first-order valence-electron chi connectivity index (χ1n) is 8.56. The van der Waals surface area contributed by atoms with Gasteiger partial charge in [-0.15, -0.1) is 0 Å². The van der Waals surface area contributed by atoms with E-state index in [0.29, 0.717) is 5.82 Å². The zero-order valence-corrected chi connectivity index (χ0v) is 15.4. The summed E-state index contributed by atoms with van der Waals surface area (Å²) >= 11 is 6.07. The highest BCUT2D eigenvalue weighted by Gasteiger charge is 2.19. The molecule has 0 saturated carbocycles. The number of anilines is 2. The quantitative estimate of drug-likeness (QED) is 0.741. The van der Waals surface area contributed by atoms with Crippen LogP contribution in [0.15, 0.2) is 41.2 Å². The molecular weight excluding hydrogens is 356 g/mol. The molecule has 2 aromatic rings. The van der Waals surface area contributed by atoms with Gasteiger partial charge in [-0.2, -0.15) is 5.10 Å². The van der Waals surface area contributed by atoms with Gasteiger partial charge in [0.1, 0.15) is 12.4 Å². The summed E-state index contributed by atoms with van der Waals surface area (Å²) in [5, 5.41) is 5.04. The van der Waals surface area contributed by atoms with Crippen LogP contribution in [0.1, 0.15) is 6.92 Å². The van der Waals surface area contributed by atoms with Crippen LogP contribution in [0, 0.1) is 0 Å². The maximum Gasteiger partial charge on any atom is 0.327 e. The summed E-state index contributed by atoms with van der Waals surface area (Å²) in [6.45, 7) is 4.98. The van der Waals surface area contributed by atoms with Crippen molar-refractivity contribution in [3.05, 3.63) is 51.8 Å². The number of piperazine rings is 1. The fourth-order valence-electron chi connectivity index (χ4n) is 2.92. The zero-order valence-electron chi connectivity index (χ0n) is 14.6. The summed E-state index contributed by atoms with van der Waals surface area (Å²) in [5.41, 5.74) is 0.775. The Bertz CT molecular complexity index is 831. The van der Waals surface area contributed by atoms with Crippen LogP contribution in [0.5, 0.6) is 0 Å². The Kier molecular flexibility index (Phi) is 5.78. The van der Waals surface area contributed by atoms with Crippen LogP contribution in [0.25, 0.3) is 0 Å². The summed E-state index contributed by atoms with van der Waals surface area (Å²) in [7, 11) is 0. The van der Waals surface area contributed by atoms with Crippen molar-refractivity contribution < 1.29 is 9.53 Å². The lowest BCUT2D eigenvalue weighted by Gasteiger charge is -2.36. The van der Waals surface area contributed by atoms with Crippen molar-refractivity contribution in [1.29, 1.82) is 0 Å². The minimum absolute atomic E-state index is 0.178. The molecule has 1 fully saturated rings. The first kappa shape index (κ1) is 18.3. The summed E-state index contributed by atoms with van der Waals surface area (Å²) in [4.78, 5) is 27.9. The van der Waals surface area contributed by atoms with Crippen molar-refractivity contribution in [3.63, 3.8) is 0 Å². The van der Waals surface area contributed by atoms with E-state index in [4.69, 9.17) is 16.3 Å². The molecule has 138 valence electrons. The van der Waals surface area contributed by atoms with Gasteiger partial charge in [0, 0.05) is 43.0 Å². The Balaban J connectivity index is 1.67. The number of aromatic nitrogens is 2. The lowest BCUT2D eigenvalue weighted by Crippen LogP contribution is -2.47.